The zero-order chi connectivity index (χ0) is 20.1. The molecule has 2 aromatic carbocycles. The van der Waals surface area contributed by atoms with E-state index in [4.69, 9.17) is 4.74 Å². The van der Waals surface area contributed by atoms with Crippen molar-refractivity contribution in [2.24, 2.45) is 5.92 Å². The molecule has 0 aliphatic carbocycles. The van der Waals surface area contributed by atoms with Crippen molar-refractivity contribution in [1.82, 2.24) is 0 Å². The lowest BCUT2D eigenvalue weighted by Crippen LogP contribution is -2.20. The Balaban J connectivity index is 1.76. The zero-order valence-electron chi connectivity index (χ0n) is 16.7. The molecule has 0 N–H and O–H groups in total. The van der Waals surface area contributed by atoms with Gasteiger partial charge in [-0.15, -0.1) is 0 Å². The molecule has 2 atom stereocenters. The fourth-order valence-electron chi connectivity index (χ4n) is 4.00. The minimum atomic E-state index is -0.981. The van der Waals surface area contributed by atoms with Gasteiger partial charge in [-0.25, -0.2) is 13.2 Å². The van der Waals surface area contributed by atoms with Gasteiger partial charge in [-0.05, 0) is 48.8 Å². The van der Waals surface area contributed by atoms with Crippen molar-refractivity contribution in [2.45, 2.75) is 64.9 Å². The van der Waals surface area contributed by atoms with Gasteiger partial charge in [0.2, 0.25) is 0 Å². The van der Waals surface area contributed by atoms with E-state index in [1.165, 1.54) is 37.5 Å². The Bertz CT molecular complexity index is 795. The second-order valence-electron chi connectivity index (χ2n) is 7.80. The van der Waals surface area contributed by atoms with E-state index in [0.717, 1.165) is 24.8 Å². The smallest absolute Gasteiger partial charge is 0.167 e. The predicted octanol–water partition coefficient (Wildman–Crippen LogP) is 7.38. The fraction of sp³-hybridized carbons (Fsp3) is 0.500. The highest BCUT2D eigenvalue weighted by Crippen LogP contribution is 2.35. The van der Waals surface area contributed by atoms with Gasteiger partial charge in [0.25, 0.3) is 0 Å². The van der Waals surface area contributed by atoms with Crippen LogP contribution in [-0.2, 0) is 11.2 Å². The van der Waals surface area contributed by atoms with Crippen LogP contribution in [0, 0.1) is 23.4 Å². The van der Waals surface area contributed by atoms with Crippen LogP contribution in [0.3, 0.4) is 0 Å². The Hall–Kier alpha value is -1.81. The highest BCUT2D eigenvalue weighted by molar-refractivity contribution is 5.66. The first-order chi connectivity index (χ1) is 13.5. The molecule has 1 aliphatic rings. The van der Waals surface area contributed by atoms with Gasteiger partial charge in [-0.3, -0.25) is 0 Å². The number of hydrogen-bond donors (Lipinski definition) is 0. The number of ether oxygens (including phenoxy) is 1. The van der Waals surface area contributed by atoms with Crippen molar-refractivity contribution < 1.29 is 17.9 Å². The normalized spacial score (nSPS) is 19.8. The van der Waals surface area contributed by atoms with E-state index in [9.17, 15) is 13.2 Å². The summed E-state index contributed by atoms with van der Waals surface area (Å²) in [6.07, 6.45) is 6.56. The molecule has 0 aromatic heterocycles. The van der Waals surface area contributed by atoms with Gasteiger partial charge in [0.1, 0.15) is 5.82 Å². The molecular formula is C24H29F3O. The van der Waals surface area contributed by atoms with E-state index in [1.807, 2.05) is 6.92 Å². The monoisotopic (exact) mass is 390 g/mol. The van der Waals surface area contributed by atoms with Gasteiger partial charge in [0.15, 0.2) is 11.6 Å². The molecule has 0 amide bonds. The lowest BCUT2D eigenvalue weighted by atomic mass is 9.90. The molecule has 0 saturated carbocycles. The van der Waals surface area contributed by atoms with Crippen LogP contribution in [0.5, 0.6) is 0 Å². The molecule has 0 radical (unpaired) electrons. The average Bonchev–Trinajstić information content (AvgIpc) is 2.71. The third-order valence-corrected chi connectivity index (χ3v) is 5.67. The SMILES string of the molecule is CCCCC1CCC(c2ccc(-c3ccc(CCC)c(F)c3F)c(F)c2)OC1. The summed E-state index contributed by atoms with van der Waals surface area (Å²) >= 11 is 0. The van der Waals surface area contributed by atoms with E-state index in [2.05, 4.69) is 6.92 Å². The summed E-state index contributed by atoms with van der Waals surface area (Å²) in [4.78, 5) is 0. The van der Waals surface area contributed by atoms with Crippen LogP contribution in [0.1, 0.15) is 69.6 Å². The second-order valence-corrected chi connectivity index (χ2v) is 7.80. The molecule has 3 rings (SSSR count). The number of hydrogen-bond acceptors (Lipinski definition) is 1. The largest absolute Gasteiger partial charge is 0.373 e. The van der Waals surface area contributed by atoms with Crippen molar-refractivity contribution in [3.8, 4) is 11.1 Å². The lowest BCUT2D eigenvalue weighted by molar-refractivity contribution is -0.0199. The van der Waals surface area contributed by atoms with Crippen LogP contribution in [0.4, 0.5) is 13.2 Å². The van der Waals surface area contributed by atoms with E-state index in [-0.39, 0.29) is 17.2 Å². The summed E-state index contributed by atoms with van der Waals surface area (Å²) in [6, 6.07) is 7.73. The summed E-state index contributed by atoms with van der Waals surface area (Å²) in [6.45, 7) is 4.79. The minimum absolute atomic E-state index is 0.0365. The van der Waals surface area contributed by atoms with Crippen LogP contribution in [0.25, 0.3) is 11.1 Å². The molecule has 1 fully saturated rings. The highest BCUT2D eigenvalue weighted by atomic mass is 19.2. The van der Waals surface area contributed by atoms with Crippen molar-refractivity contribution in [1.29, 1.82) is 0 Å². The van der Waals surface area contributed by atoms with Crippen molar-refractivity contribution in [2.75, 3.05) is 6.61 Å². The lowest BCUT2D eigenvalue weighted by Gasteiger charge is -2.29. The van der Waals surface area contributed by atoms with Gasteiger partial charge in [0, 0.05) is 11.1 Å². The summed E-state index contributed by atoms with van der Waals surface area (Å²) in [5, 5.41) is 0. The van der Waals surface area contributed by atoms with Gasteiger partial charge in [-0.2, -0.15) is 0 Å². The van der Waals surface area contributed by atoms with E-state index < -0.39 is 17.5 Å². The Morgan fingerprint density at radius 2 is 1.71 bits per heavy atom. The summed E-state index contributed by atoms with van der Waals surface area (Å²) in [5.74, 6) is -1.82. The standard InChI is InChI=1S/C24H29F3O/c1-3-5-7-16-8-13-22(28-15-16)18-10-11-19(21(25)14-18)20-12-9-17(6-4-2)23(26)24(20)27/h9-12,14,16,22H,3-8,13,15H2,1-2H3. The quantitative estimate of drug-likeness (QED) is 0.479. The van der Waals surface area contributed by atoms with Crippen molar-refractivity contribution >= 4 is 0 Å². The Morgan fingerprint density at radius 3 is 2.36 bits per heavy atom. The van der Waals surface area contributed by atoms with E-state index >= 15 is 0 Å². The molecule has 0 spiro atoms. The van der Waals surface area contributed by atoms with Crippen molar-refractivity contribution in [3.05, 3.63) is 58.9 Å². The third-order valence-electron chi connectivity index (χ3n) is 5.67. The number of aryl methyl sites for hydroxylation is 1. The highest BCUT2D eigenvalue weighted by Gasteiger charge is 2.24. The maximum Gasteiger partial charge on any atom is 0.167 e. The van der Waals surface area contributed by atoms with Crippen LogP contribution in [-0.4, -0.2) is 6.61 Å². The van der Waals surface area contributed by atoms with Gasteiger partial charge in [0.05, 0.1) is 12.7 Å². The van der Waals surface area contributed by atoms with Gasteiger partial charge in [-0.1, -0.05) is 57.4 Å². The minimum Gasteiger partial charge on any atom is -0.373 e. The first-order valence-corrected chi connectivity index (χ1v) is 10.4. The molecular weight excluding hydrogens is 361 g/mol. The molecule has 1 nitrogen and oxygen atoms in total. The third kappa shape index (κ3) is 4.60. The Labute approximate surface area is 165 Å². The van der Waals surface area contributed by atoms with Crippen LogP contribution in [0.15, 0.2) is 30.3 Å². The van der Waals surface area contributed by atoms with Crippen molar-refractivity contribution in [3.63, 3.8) is 0 Å². The molecule has 152 valence electrons. The summed E-state index contributed by atoms with van der Waals surface area (Å²) in [5.41, 5.74) is 1.14. The van der Waals surface area contributed by atoms with E-state index in [1.54, 1.807) is 12.1 Å². The average molecular weight is 390 g/mol. The van der Waals surface area contributed by atoms with E-state index in [0.29, 0.717) is 24.5 Å². The molecule has 1 heterocycles. The number of halogens is 3. The topological polar surface area (TPSA) is 9.23 Å². The molecule has 1 saturated heterocycles. The Kier molecular flexibility index (Phi) is 7.17. The first-order valence-electron chi connectivity index (χ1n) is 10.4. The van der Waals surface area contributed by atoms with Gasteiger partial charge >= 0.3 is 0 Å². The predicted molar refractivity (Wildman–Crippen MR) is 107 cm³/mol. The maximum absolute atomic E-state index is 14.7. The first kappa shape index (κ1) is 20.9. The number of unbranched alkanes of at least 4 members (excludes halogenated alkanes) is 1. The maximum atomic E-state index is 14.7. The summed E-state index contributed by atoms with van der Waals surface area (Å²) in [7, 11) is 0. The second kappa shape index (κ2) is 9.60. The number of benzene rings is 2. The molecule has 4 heteroatoms. The molecule has 0 bridgehead atoms. The molecule has 2 aromatic rings. The van der Waals surface area contributed by atoms with Crippen LogP contribution >= 0.6 is 0 Å². The van der Waals surface area contributed by atoms with Gasteiger partial charge < -0.3 is 4.74 Å². The Morgan fingerprint density at radius 1 is 0.929 bits per heavy atom. The summed E-state index contributed by atoms with van der Waals surface area (Å²) < 4.78 is 49.4. The zero-order valence-corrected chi connectivity index (χ0v) is 16.7. The van der Waals surface area contributed by atoms with Crippen LogP contribution < -0.4 is 0 Å². The molecule has 28 heavy (non-hydrogen) atoms. The number of rotatable bonds is 7. The molecule has 2 unspecified atom stereocenters. The molecule has 1 aliphatic heterocycles. The van der Waals surface area contributed by atoms with Crippen LogP contribution in [0.2, 0.25) is 0 Å². The fourth-order valence-corrected chi connectivity index (χ4v) is 4.00.